The van der Waals surface area contributed by atoms with Crippen molar-refractivity contribution in [3.05, 3.63) is 53.6 Å². The molecule has 28 heavy (non-hydrogen) atoms. The summed E-state index contributed by atoms with van der Waals surface area (Å²) in [5, 5.41) is 8.79. The van der Waals surface area contributed by atoms with Crippen LogP contribution in [0.4, 0.5) is 5.69 Å². The summed E-state index contributed by atoms with van der Waals surface area (Å²) in [5.74, 6) is 0.767. The lowest BCUT2D eigenvalue weighted by atomic mass is 9.95. The third-order valence-corrected chi connectivity index (χ3v) is 4.79. The summed E-state index contributed by atoms with van der Waals surface area (Å²) in [7, 11) is 0. The van der Waals surface area contributed by atoms with Crippen molar-refractivity contribution in [2.45, 2.75) is 32.0 Å². The van der Waals surface area contributed by atoms with Gasteiger partial charge in [-0.2, -0.15) is 0 Å². The van der Waals surface area contributed by atoms with Gasteiger partial charge < -0.3 is 25.4 Å². The van der Waals surface area contributed by atoms with E-state index in [2.05, 4.69) is 22.0 Å². The first-order valence-corrected chi connectivity index (χ1v) is 8.91. The number of benzene rings is 2. The summed E-state index contributed by atoms with van der Waals surface area (Å²) in [6.07, 6.45) is 0.610. The molecule has 2 heterocycles. The number of hydrogen-bond acceptors (Lipinski definition) is 5. The van der Waals surface area contributed by atoms with Gasteiger partial charge in [0.2, 0.25) is 18.6 Å². The average Bonchev–Trinajstić information content (AvgIpc) is 3.15. The Morgan fingerprint density at radius 1 is 1.11 bits per heavy atom. The highest BCUT2D eigenvalue weighted by Crippen LogP contribution is 2.34. The summed E-state index contributed by atoms with van der Waals surface area (Å²) in [6.45, 7) is 2.49. The van der Waals surface area contributed by atoms with E-state index < -0.39 is 6.04 Å². The first-order valence-electron chi connectivity index (χ1n) is 8.91. The van der Waals surface area contributed by atoms with E-state index >= 15 is 0 Å². The quantitative estimate of drug-likeness (QED) is 0.726. The minimum atomic E-state index is -0.665. The molecule has 0 fully saturated rings. The van der Waals surface area contributed by atoms with Crippen LogP contribution in [-0.4, -0.2) is 30.7 Å². The number of ether oxygens (including phenoxy) is 2. The lowest BCUT2D eigenvalue weighted by Gasteiger charge is -2.26. The van der Waals surface area contributed by atoms with Crippen molar-refractivity contribution in [2.24, 2.45) is 0 Å². The summed E-state index contributed by atoms with van der Waals surface area (Å²) in [6, 6.07) is 12.2. The predicted molar refractivity (Wildman–Crippen MR) is 107 cm³/mol. The van der Waals surface area contributed by atoms with E-state index in [0.29, 0.717) is 30.2 Å². The number of rotatable bonds is 4. The van der Waals surface area contributed by atoms with E-state index in [1.165, 1.54) is 5.56 Å². The normalized spacial score (nSPS) is 17.7. The van der Waals surface area contributed by atoms with Gasteiger partial charge >= 0.3 is 0 Å². The SMILES string of the molecule is C[C@@H](NC(=O)[C@@H]1Cc2ccccc2CN1)C(=O)Nc1ccc2c(c1)OCO2.Cl. The van der Waals surface area contributed by atoms with Crippen LogP contribution >= 0.6 is 12.4 Å². The number of carbonyl (C=O) groups excluding carboxylic acids is 2. The molecule has 0 spiro atoms. The maximum absolute atomic E-state index is 12.5. The number of halogens is 1. The van der Waals surface area contributed by atoms with Gasteiger partial charge in [0, 0.05) is 18.3 Å². The maximum Gasteiger partial charge on any atom is 0.246 e. The van der Waals surface area contributed by atoms with Crippen LogP contribution in [0.15, 0.2) is 42.5 Å². The van der Waals surface area contributed by atoms with Crippen molar-refractivity contribution in [3.63, 3.8) is 0 Å². The second kappa shape index (κ2) is 8.50. The Morgan fingerprint density at radius 2 is 1.86 bits per heavy atom. The molecule has 8 heteroatoms. The minimum absolute atomic E-state index is 0. The monoisotopic (exact) mass is 403 g/mol. The maximum atomic E-state index is 12.5. The first-order chi connectivity index (χ1) is 13.1. The van der Waals surface area contributed by atoms with Gasteiger partial charge in [-0.15, -0.1) is 12.4 Å². The first kappa shape index (κ1) is 20.0. The zero-order valence-electron chi connectivity index (χ0n) is 15.4. The van der Waals surface area contributed by atoms with Gasteiger partial charge in [0.1, 0.15) is 6.04 Å². The number of fused-ring (bicyclic) bond motifs is 2. The van der Waals surface area contributed by atoms with Gasteiger partial charge in [-0.3, -0.25) is 9.59 Å². The molecule has 2 aromatic carbocycles. The Hall–Kier alpha value is -2.77. The number of hydrogen-bond donors (Lipinski definition) is 3. The zero-order valence-corrected chi connectivity index (χ0v) is 16.2. The van der Waals surface area contributed by atoms with Gasteiger partial charge in [-0.1, -0.05) is 24.3 Å². The van der Waals surface area contributed by atoms with Crippen molar-refractivity contribution >= 4 is 29.9 Å². The fourth-order valence-corrected chi connectivity index (χ4v) is 3.24. The molecule has 148 valence electrons. The molecule has 0 saturated carbocycles. The van der Waals surface area contributed by atoms with Gasteiger partial charge in [0.25, 0.3) is 0 Å². The second-order valence-corrected chi connectivity index (χ2v) is 6.69. The molecular weight excluding hydrogens is 382 g/mol. The minimum Gasteiger partial charge on any atom is -0.454 e. The fraction of sp³-hybridized carbons (Fsp3) is 0.300. The van der Waals surface area contributed by atoms with Crippen molar-refractivity contribution in [1.29, 1.82) is 0 Å². The predicted octanol–water partition coefficient (Wildman–Crippen LogP) is 1.99. The number of anilines is 1. The molecule has 0 radical (unpaired) electrons. The Morgan fingerprint density at radius 3 is 2.68 bits per heavy atom. The van der Waals surface area contributed by atoms with Gasteiger partial charge in [0.15, 0.2) is 11.5 Å². The molecule has 0 aromatic heterocycles. The smallest absolute Gasteiger partial charge is 0.246 e. The van der Waals surface area contributed by atoms with Crippen LogP contribution in [0.3, 0.4) is 0 Å². The molecule has 0 unspecified atom stereocenters. The van der Waals surface area contributed by atoms with E-state index in [4.69, 9.17) is 9.47 Å². The molecule has 2 aliphatic rings. The molecule has 2 aliphatic heterocycles. The molecule has 3 N–H and O–H groups in total. The number of amides is 2. The van der Waals surface area contributed by atoms with E-state index in [1.54, 1.807) is 25.1 Å². The summed E-state index contributed by atoms with van der Waals surface area (Å²) in [4.78, 5) is 24.9. The molecule has 2 amide bonds. The van der Waals surface area contributed by atoms with Crippen molar-refractivity contribution in [2.75, 3.05) is 12.1 Å². The molecule has 7 nitrogen and oxygen atoms in total. The Labute approximate surface area is 169 Å². The van der Waals surface area contributed by atoms with Crippen LogP contribution in [0.2, 0.25) is 0 Å². The summed E-state index contributed by atoms with van der Waals surface area (Å²) < 4.78 is 10.6. The lowest BCUT2D eigenvalue weighted by molar-refractivity contribution is -0.127. The largest absolute Gasteiger partial charge is 0.454 e. The van der Waals surface area contributed by atoms with Crippen LogP contribution in [0.5, 0.6) is 11.5 Å². The summed E-state index contributed by atoms with van der Waals surface area (Å²) in [5.41, 5.74) is 2.96. The van der Waals surface area contributed by atoms with Gasteiger partial charge in [-0.25, -0.2) is 0 Å². The van der Waals surface area contributed by atoms with Crippen molar-refractivity contribution in [1.82, 2.24) is 10.6 Å². The molecule has 0 saturated heterocycles. The topological polar surface area (TPSA) is 88.7 Å². The van der Waals surface area contributed by atoms with Gasteiger partial charge in [0.05, 0.1) is 6.04 Å². The highest BCUT2D eigenvalue weighted by molar-refractivity contribution is 5.97. The van der Waals surface area contributed by atoms with E-state index in [9.17, 15) is 9.59 Å². The second-order valence-electron chi connectivity index (χ2n) is 6.69. The highest BCUT2D eigenvalue weighted by atomic mass is 35.5. The molecule has 2 atom stereocenters. The third-order valence-electron chi connectivity index (χ3n) is 4.79. The standard InChI is InChI=1S/C20H21N3O4.ClH/c1-12(19(24)23-15-6-7-17-18(9-15)27-11-26-17)22-20(25)16-8-13-4-2-3-5-14(13)10-21-16;/h2-7,9,12,16,21H,8,10-11H2,1H3,(H,22,25)(H,23,24);1H/t12-,16+;/m1./s1. The molecule has 4 rings (SSSR count). The van der Waals surface area contributed by atoms with Crippen LogP contribution in [0.1, 0.15) is 18.1 Å². The number of carbonyl (C=O) groups is 2. The third kappa shape index (κ3) is 4.21. The molecular formula is C20H22ClN3O4. The van der Waals surface area contributed by atoms with Crippen LogP contribution in [0.25, 0.3) is 0 Å². The fourth-order valence-electron chi connectivity index (χ4n) is 3.24. The lowest BCUT2D eigenvalue weighted by Crippen LogP contribution is -2.52. The molecule has 0 aliphatic carbocycles. The summed E-state index contributed by atoms with van der Waals surface area (Å²) >= 11 is 0. The molecule has 2 aromatic rings. The number of nitrogens with one attached hydrogen (secondary N) is 3. The van der Waals surface area contributed by atoms with Crippen LogP contribution in [-0.2, 0) is 22.6 Å². The van der Waals surface area contributed by atoms with Gasteiger partial charge in [-0.05, 0) is 36.6 Å². The zero-order chi connectivity index (χ0) is 18.8. The van der Waals surface area contributed by atoms with E-state index in [-0.39, 0.29) is 37.1 Å². The molecule has 0 bridgehead atoms. The Kier molecular flexibility index (Phi) is 6.06. The van der Waals surface area contributed by atoms with E-state index in [1.807, 2.05) is 18.2 Å². The Balaban J connectivity index is 0.00000225. The van der Waals surface area contributed by atoms with Crippen molar-refractivity contribution < 1.29 is 19.1 Å². The van der Waals surface area contributed by atoms with Crippen molar-refractivity contribution in [3.8, 4) is 11.5 Å². The van der Waals surface area contributed by atoms with Crippen LogP contribution < -0.4 is 25.4 Å². The Bertz CT molecular complexity index is 890. The van der Waals surface area contributed by atoms with E-state index in [0.717, 1.165) is 5.56 Å². The van der Waals surface area contributed by atoms with Crippen LogP contribution in [0, 0.1) is 0 Å². The highest BCUT2D eigenvalue weighted by Gasteiger charge is 2.26. The average molecular weight is 404 g/mol.